The summed E-state index contributed by atoms with van der Waals surface area (Å²) >= 11 is 6.03. The lowest BCUT2D eigenvalue weighted by atomic mass is 10.1. The number of halogens is 1. The Kier molecular flexibility index (Phi) is 5.36. The molecule has 0 radical (unpaired) electrons. The van der Waals surface area contributed by atoms with Crippen molar-refractivity contribution in [2.75, 3.05) is 18.5 Å². The van der Waals surface area contributed by atoms with Gasteiger partial charge in [-0.05, 0) is 25.0 Å². The van der Waals surface area contributed by atoms with Crippen LogP contribution in [0, 0.1) is 0 Å². The molecular weight excluding hydrogens is 222 g/mol. The highest BCUT2D eigenvalue weighted by Gasteiger charge is 2.09. The summed E-state index contributed by atoms with van der Waals surface area (Å²) in [6.07, 6.45) is 3.97. The summed E-state index contributed by atoms with van der Waals surface area (Å²) in [5.41, 5.74) is 1.80. The van der Waals surface area contributed by atoms with E-state index < -0.39 is 0 Å². The molecule has 0 aliphatic carbocycles. The summed E-state index contributed by atoms with van der Waals surface area (Å²) in [6, 6.07) is 5.68. The number of hydrogen-bond acceptors (Lipinski definition) is 2. The molecule has 16 heavy (non-hydrogen) atoms. The molecule has 0 aliphatic rings. The number of allylic oxidation sites excluding steroid dienone is 1. The third-order valence-electron chi connectivity index (χ3n) is 2.57. The van der Waals surface area contributed by atoms with Crippen LogP contribution in [0.1, 0.15) is 18.4 Å². The predicted octanol–water partition coefficient (Wildman–Crippen LogP) is 3.23. The first-order valence-corrected chi connectivity index (χ1v) is 5.78. The van der Waals surface area contributed by atoms with E-state index >= 15 is 0 Å². The lowest BCUT2D eigenvalue weighted by Gasteiger charge is -2.22. The van der Waals surface area contributed by atoms with Gasteiger partial charge in [0.2, 0.25) is 0 Å². The van der Waals surface area contributed by atoms with Gasteiger partial charge >= 0.3 is 0 Å². The van der Waals surface area contributed by atoms with E-state index in [4.69, 9.17) is 11.6 Å². The summed E-state index contributed by atoms with van der Waals surface area (Å²) in [6.45, 7) is 4.60. The van der Waals surface area contributed by atoms with Crippen molar-refractivity contribution in [1.29, 1.82) is 0 Å². The van der Waals surface area contributed by atoms with Crippen LogP contribution in [0.4, 0.5) is 5.69 Å². The minimum absolute atomic E-state index is 0.0270. The maximum atomic E-state index is 9.29. The molecule has 2 nitrogen and oxygen atoms in total. The maximum Gasteiger partial charge on any atom is 0.0716 e. The molecule has 0 heterocycles. The highest BCUT2D eigenvalue weighted by molar-refractivity contribution is 6.31. The largest absolute Gasteiger partial charge is 0.392 e. The molecule has 0 aromatic heterocycles. The van der Waals surface area contributed by atoms with Gasteiger partial charge in [-0.2, -0.15) is 0 Å². The van der Waals surface area contributed by atoms with Crippen molar-refractivity contribution >= 4 is 17.3 Å². The molecule has 0 saturated heterocycles. The molecule has 0 bridgehead atoms. The van der Waals surface area contributed by atoms with E-state index in [2.05, 4.69) is 11.5 Å². The number of nitrogens with zero attached hydrogens (tertiary/aromatic N) is 1. The minimum Gasteiger partial charge on any atom is -0.392 e. The minimum atomic E-state index is -0.0270. The van der Waals surface area contributed by atoms with Crippen LogP contribution in [-0.2, 0) is 6.61 Å². The normalized spacial score (nSPS) is 10.2. The van der Waals surface area contributed by atoms with Gasteiger partial charge in [0.25, 0.3) is 0 Å². The van der Waals surface area contributed by atoms with Crippen LogP contribution in [0.25, 0.3) is 0 Å². The highest BCUT2D eigenvalue weighted by Crippen LogP contribution is 2.26. The van der Waals surface area contributed by atoms with Crippen molar-refractivity contribution in [3.63, 3.8) is 0 Å². The Balaban J connectivity index is 2.77. The lowest BCUT2D eigenvalue weighted by Crippen LogP contribution is -2.20. The Labute approximate surface area is 102 Å². The Morgan fingerprint density at radius 3 is 2.88 bits per heavy atom. The van der Waals surface area contributed by atoms with Crippen LogP contribution in [0.5, 0.6) is 0 Å². The number of anilines is 1. The highest BCUT2D eigenvalue weighted by atomic mass is 35.5. The molecule has 0 saturated carbocycles. The molecule has 1 rings (SSSR count). The van der Waals surface area contributed by atoms with Crippen LogP contribution < -0.4 is 4.90 Å². The standard InChI is InChI=1S/C13H18ClNO/c1-3-4-5-9-15(2)13-8-6-7-12(14)11(13)10-16/h3,6-8,16H,1,4-5,9-10H2,2H3. The average Bonchev–Trinajstić information content (AvgIpc) is 2.29. The molecule has 1 aromatic rings. The molecule has 1 aromatic carbocycles. The third kappa shape index (κ3) is 3.26. The van der Waals surface area contributed by atoms with Gasteiger partial charge < -0.3 is 10.0 Å². The maximum absolute atomic E-state index is 9.29. The lowest BCUT2D eigenvalue weighted by molar-refractivity contribution is 0.282. The zero-order chi connectivity index (χ0) is 12.0. The smallest absolute Gasteiger partial charge is 0.0716 e. The summed E-state index contributed by atoms with van der Waals surface area (Å²) in [5, 5.41) is 9.91. The molecule has 0 spiro atoms. The van der Waals surface area contributed by atoms with Crippen molar-refractivity contribution in [2.45, 2.75) is 19.4 Å². The van der Waals surface area contributed by atoms with Crippen LogP contribution in [0.2, 0.25) is 5.02 Å². The average molecular weight is 240 g/mol. The Morgan fingerprint density at radius 1 is 1.50 bits per heavy atom. The van der Waals surface area contributed by atoms with Gasteiger partial charge in [-0.3, -0.25) is 0 Å². The topological polar surface area (TPSA) is 23.5 Å². The van der Waals surface area contributed by atoms with Crippen LogP contribution in [-0.4, -0.2) is 18.7 Å². The Morgan fingerprint density at radius 2 is 2.25 bits per heavy atom. The molecule has 0 aliphatic heterocycles. The van der Waals surface area contributed by atoms with E-state index in [1.807, 2.05) is 25.3 Å². The molecule has 0 atom stereocenters. The summed E-state index contributed by atoms with van der Waals surface area (Å²) in [4.78, 5) is 2.11. The van der Waals surface area contributed by atoms with Crippen LogP contribution >= 0.6 is 11.6 Å². The summed E-state index contributed by atoms with van der Waals surface area (Å²) < 4.78 is 0. The SMILES string of the molecule is C=CCCCN(C)c1cccc(Cl)c1CO. The number of rotatable bonds is 6. The van der Waals surface area contributed by atoms with Gasteiger partial charge in [0.05, 0.1) is 6.61 Å². The fourth-order valence-corrected chi connectivity index (χ4v) is 1.88. The van der Waals surface area contributed by atoms with Crippen LogP contribution in [0.3, 0.4) is 0 Å². The Bertz CT molecular complexity index is 352. The van der Waals surface area contributed by atoms with Crippen molar-refractivity contribution < 1.29 is 5.11 Å². The van der Waals surface area contributed by atoms with E-state index in [1.54, 1.807) is 6.07 Å². The molecule has 3 heteroatoms. The number of hydrogen-bond donors (Lipinski definition) is 1. The van der Waals surface area contributed by atoms with E-state index in [9.17, 15) is 5.11 Å². The van der Waals surface area contributed by atoms with Gasteiger partial charge in [-0.1, -0.05) is 23.7 Å². The van der Waals surface area contributed by atoms with Gasteiger partial charge in [-0.25, -0.2) is 0 Å². The quantitative estimate of drug-likeness (QED) is 0.609. The van der Waals surface area contributed by atoms with Crippen molar-refractivity contribution in [1.82, 2.24) is 0 Å². The number of unbranched alkanes of at least 4 members (excludes halogenated alkanes) is 1. The van der Waals surface area contributed by atoms with E-state index in [1.165, 1.54) is 0 Å². The van der Waals surface area contributed by atoms with Gasteiger partial charge in [0.15, 0.2) is 0 Å². The van der Waals surface area contributed by atoms with Crippen molar-refractivity contribution in [3.05, 3.63) is 41.4 Å². The second-order valence-corrected chi connectivity index (χ2v) is 4.16. The van der Waals surface area contributed by atoms with E-state index in [0.29, 0.717) is 5.02 Å². The van der Waals surface area contributed by atoms with E-state index in [0.717, 1.165) is 30.6 Å². The summed E-state index contributed by atoms with van der Waals surface area (Å²) in [5.74, 6) is 0. The molecule has 0 fully saturated rings. The first-order valence-electron chi connectivity index (χ1n) is 5.41. The predicted molar refractivity (Wildman–Crippen MR) is 70.1 cm³/mol. The van der Waals surface area contributed by atoms with Gasteiger partial charge in [0.1, 0.15) is 0 Å². The second kappa shape index (κ2) is 6.56. The van der Waals surface area contributed by atoms with Crippen molar-refractivity contribution in [3.8, 4) is 0 Å². The second-order valence-electron chi connectivity index (χ2n) is 3.75. The fraction of sp³-hybridized carbons (Fsp3) is 0.385. The number of aliphatic hydroxyl groups is 1. The molecule has 0 amide bonds. The third-order valence-corrected chi connectivity index (χ3v) is 2.92. The molecular formula is C13H18ClNO. The van der Waals surface area contributed by atoms with Gasteiger partial charge in [0, 0.05) is 29.9 Å². The zero-order valence-corrected chi connectivity index (χ0v) is 10.4. The number of aliphatic hydroxyl groups excluding tert-OH is 1. The molecule has 1 N–H and O–H groups in total. The van der Waals surface area contributed by atoms with Gasteiger partial charge in [-0.15, -0.1) is 6.58 Å². The first kappa shape index (κ1) is 13.1. The number of benzene rings is 1. The fourth-order valence-electron chi connectivity index (χ4n) is 1.65. The zero-order valence-electron chi connectivity index (χ0n) is 9.62. The monoisotopic (exact) mass is 239 g/mol. The molecule has 88 valence electrons. The molecule has 0 unspecified atom stereocenters. The van der Waals surface area contributed by atoms with Crippen molar-refractivity contribution in [2.24, 2.45) is 0 Å². The van der Waals surface area contributed by atoms with Crippen LogP contribution in [0.15, 0.2) is 30.9 Å². The first-order chi connectivity index (χ1) is 7.70. The Hall–Kier alpha value is -0.990. The van der Waals surface area contributed by atoms with E-state index in [-0.39, 0.29) is 6.61 Å². The summed E-state index contributed by atoms with van der Waals surface area (Å²) in [7, 11) is 2.01.